The molecule has 0 aliphatic carbocycles. The molecule has 0 spiro atoms. The predicted octanol–water partition coefficient (Wildman–Crippen LogP) is 3.19. The van der Waals surface area contributed by atoms with Gasteiger partial charge in [0, 0.05) is 17.8 Å². The summed E-state index contributed by atoms with van der Waals surface area (Å²) in [7, 11) is 0. The van der Waals surface area contributed by atoms with E-state index in [1.807, 2.05) is 6.07 Å². The van der Waals surface area contributed by atoms with Gasteiger partial charge in [0.25, 0.3) is 5.91 Å². The predicted molar refractivity (Wildman–Crippen MR) is 72.9 cm³/mol. The van der Waals surface area contributed by atoms with Gasteiger partial charge in [0.05, 0.1) is 5.69 Å². The van der Waals surface area contributed by atoms with Crippen molar-refractivity contribution in [1.82, 2.24) is 0 Å². The van der Waals surface area contributed by atoms with Gasteiger partial charge in [-0.1, -0.05) is 12.1 Å². The maximum absolute atomic E-state index is 13.5. The molecule has 2 aromatic rings. The molecule has 0 aromatic heterocycles. The number of hydrogen-bond donors (Lipinski definition) is 2. The summed E-state index contributed by atoms with van der Waals surface area (Å²) in [5, 5.41) is 5.54. The summed E-state index contributed by atoms with van der Waals surface area (Å²) < 4.78 is 26.6. The largest absolute Gasteiger partial charge is 0.384 e. The quantitative estimate of drug-likeness (QED) is 0.883. The lowest BCUT2D eigenvalue weighted by Crippen LogP contribution is -2.13. The zero-order valence-corrected chi connectivity index (χ0v) is 10.5. The molecule has 0 saturated heterocycles. The molecule has 102 valence electrons. The first-order valence-electron chi connectivity index (χ1n) is 6.27. The second-order valence-corrected chi connectivity index (χ2v) is 4.60. The van der Waals surface area contributed by atoms with Crippen LogP contribution in [0, 0.1) is 11.6 Å². The Kier molecular flexibility index (Phi) is 3.10. The maximum Gasteiger partial charge on any atom is 0.255 e. The smallest absolute Gasteiger partial charge is 0.255 e. The van der Waals surface area contributed by atoms with Crippen molar-refractivity contribution in [2.75, 3.05) is 17.2 Å². The van der Waals surface area contributed by atoms with Gasteiger partial charge in [0.1, 0.15) is 0 Å². The first-order chi connectivity index (χ1) is 9.65. The summed E-state index contributed by atoms with van der Waals surface area (Å²) in [5.41, 5.74) is 2.31. The summed E-state index contributed by atoms with van der Waals surface area (Å²) >= 11 is 0. The highest BCUT2D eigenvalue weighted by atomic mass is 19.2. The Labute approximate surface area is 114 Å². The van der Waals surface area contributed by atoms with E-state index in [-0.39, 0.29) is 5.69 Å². The Morgan fingerprint density at radius 1 is 1.20 bits per heavy atom. The van der Waals surface area contributed by atoms with Crippen LogP contribution in [0.2, 0.25) is 0 Å². The summed E-state index contributed by atoms with van der Waals surface area (Å²) in [5.74, 6) is -2.51. The number of hydrogen-bond acceptors (Lipinski definition) is 2. The monoisotopic (exact) mass is 274 g/mol. The van der Waals surface area contributed by atoms with Crippen molar-refractivity contribution < 1.29 is 13.6 Å². The van der Waals surface area contributed by atoms with Crippen molar-refractivity contribution in [3.05, 3.63) is 59.2 Å². The van der Waals surface area contributed by atoms with Crippen molar-refractivity contribution >= 4 is 17.3 Å². The molecule has 5 heteroatoms. The molecule has 1 aliphatic heterocycles. The summed E-state index contributed by atoms with van der Waals surface area (Å²) in [6.45, 7) is 0.846. The Hall–Kier alpha value is -2.43. The summed E-state index contributed by atoms with van der Waals surface area (Å²) in [6.07, 6.45) is 0.926. The molecule has 3 nitrogen and oxygen atoms in total. The van der Waals surface area contributed by atoms with E-state index in [9.17, 15) is 13.6 Å². The van der Waals surface area contributed by atoms with Crippen LogP contribution in [0.4, 0.5) is 20.2 Å². The first-order valence-corrected chi connectivity index (χ1v) is 6.27. The van der Waals surface area contributed by atoms with Gasteiger partial charge in [0.15, 0.2) is 11.6 Å². The average molecular weight is 274 g/mol. The van der Waals surface area contributed by atoms with E-state index in [2.05, 4.69) is 10.6 Å². The van der Waals surface area contributed by atoms with Crippen LogP contribution < -0.4 is 10.6 Å². The summed E-state index contributed by atoms with van der Waals surface area (Å²) in [6, 6.07) is 8.93. The zero-order valence-electron chi connectivity index (χ0n) is 10.5. The van der Waals surface area contributed by atoms with E-state index >= 15 is 0 Å². The first kappa shape index (κ1) is 12.6. The van der Waals surface area contributed by atoms with Gasteiger partial charge in [0.2, 0.25) is 0 Å². The Bertz CT molecular complexity index is 686. The molecule has 0 fully saturated rings. The lowest BCUT2D eigenvalue weighted by molar-refractivity contribution is 0.102. The van der Waals surface area contributed by atoms with Crippen LogP contribution in [0.1, 0.15) is 15.9 Å². The van der Waals surface area contributed by atoms with Crippen molar-refractivity contribution in [2.24, 2.45) is 0 Å². The van der Waals surface area contributed by atoms with Gasteiger partial charge in [-0.2, -0.15) is 0 Å². The van der Waals surface area contributed by atoms with Crippen LogP contribution in [0.15, 0.2) is 36.4 Å². The van der Waals surface area contributed by atoms with Crippen molar-refractivity contribution in [2.45, 2.75) is 6.42 Å². The van der Waals surface area contributed by atoms with Crippen molar-refractivity contribution in [3.8, 4) is 0 Å². The minimum atomic E-state index is -1.06. The highest BCUT2D eigenvalue weighted by molar-refractivity contribution is 6.05. The second kappa shape index (κ2) is 4.92. The van der Waals surface area contributed by atoms with E-state index in [1.165, 1.54) is 12.1 Å². The number of halogens is 2. The highest BCUT2D eigenvalue weighted by Crippen LogP contribution is 2.24. The second-order valence-electron chi connectivity index (χ2n) is 4.60. The minimum Gasteiger partial charge on any atom is -0.384 e. The molecular formula is C15H12F2N2O. The number of rotatable bonds is 2. The zero-order chi connectivity index (χ0) is 14.1. The van der Waals surface area contributed by atoms with Crippen LogP contribution in [0.3, 0.4) is 0 Å². The third kappa shape index (κ3) is 2.22. The maximum atomic E-state index is 13.5. The molecule has 0 unspecified atom stereocenters. The molecule has 1 amide bonds. The molecular weight excluding hydrogens is 262 g/mol. The molecule has 1 aliphatic rings. The Balaban J connectivity index is 1.84. The molecule has 0 atom stereocenters. The molecule has 0 saturated carbocycles. The molecule has 20 heavy (non-hydrogen) atoms. The van der Waals surface area contributed by atoms with Gasteiger partial charge in [-0.05, 0) is 36.2 Å². The number of carbonyl (C=O) groups excluding carboxylic acids is 1. The summed E-state index contributed by atoms with van der Waals surface area (Å²) in [4.78, 5) is 12.0. The van der Waals surface area contributed by atoms with Crippen LogP contribution in [0.5, 0.6) is 0 Å². The van der Waals surface area contributed by atoms with Gasteiger partial charge in [-0.15, -0.1) is 0 Å². The standard InChI is InChI=1S/C15H12F2N2O/c16-11-2-1-3-12(14(11)17)19-15(20)10-5-4-9-6-7-18-13(9)8-10/h1-5,8,18H,6-7H2,(H,19,20). The molecule has 3 rings (SSSR count). The van der Waals surface area contributed by atoms with E-state index in [0.717, 1.165) is 30.3 Å². The highest BCUT2D eigenvalue weighted by Gasteiger charge is 2.15. The van der Waals surface area contributed by atoms with Crippen LogP contribution >= 0.6 is 0 Å². The fraction of sp³-hybridized carbons (Fsp3) is 0.133. The number of anilines is 2. The van der Waals surface area contributed by atoms with Gasteiger partial charge < -0.3 is 10.6 Å². The van der Waals surface area contributed by atoms with Crippen molar-refractivity contribution in [1.29, 1.82) is 0 Å². The number of fused-ring (bicyclic) bond motifs is 1. The molecule has 0 bridgehead atoms. The average Bonchev–Trinajstić information content (AvgIpc) is 2.91. The van der Waals surface area contributed by atoms with E-state index in [1.54, 1.807) is 12.1 Å². The minimum absolute atomic E-state index is 0.163. The molecule has 1 heterocycles. The fourth-order valence-electron chi connectivity index (χ4n) is 2.23. The van der Waals surface area contributed by atoms with Crippen LogP contribution in [-0.4, -0.2) is 12.5 Å². The third-order valence-corrected chi connectivity index (χ3v) is 3.28. The number of benzene rings is 2. The Morgan fingerprint density at radius 2 is 2.05 bits per heavy atom. The number of nitrogens with one attached hydrogen (secondary N) is 2. The van der Waals surface area contributed by atoms with E-state index in [0.29, 0.717) is 5.56 Å². The van der Waals surface area contributed by atoms with Crippen LogP contribution in [0.25, 0.3) is 0 Å². The lowest BCUT2D eigenvalue weighted by Gasteiger charge is -2.08. The van der Waals surface area contributed by atoms with Crippen molar-refractivity contribution in [3.63, 3.8) is 0 Å². The van der Waals surface area contributed by atoms with Gasteiger partial charge in [-0.25, -0.2) is 8.78 Å². The number of amides is 1. The SMILES string of the molecule is O=C(Nc1cccc(F)c1F)c1ccc2c(c1)NCC2. The fourth-order valence-corrected chi connectivity index (χ4v) is 2.23. The van der Waals surface area contributed by atoms with E-state index < -0.39 is 17.5 Å². The Morgan fingerprint density at radius 3 is 2.90 bits per heavy atom. The lowest BCUT2D eigenvalue weighted by atomic mass is 10.1. The number of carbonyl (C=O) groups is 1. The third-order valence-electron chi connectivity index (χ3n) is 3.28. The van der Waals surface area contributed by atoms with Crippen LogP contribution in [-0.2, 0) is 6.42 Å². The van der Waals surface area contributed by atoms with E-state index in [4.69, 9.17) is 0 Å². The normalized spacial score (nSPS) is 12.7. The van der Waals surface area contributed by atoms with Gasteiger partial charge >= 0.3 is 0 Å². The molecule has 0 radical (unpaired) electrons. The molecule has 2 aromatic carbocycles. The van der Waals surface area contributed by atoms with Gasteiger partial charge in [-0.3, -0.25) is 4.79 Å². The topological polar surface area (TPSA) is 41.1 Å². The molecule has 2 N–H and O–H groups in total.